The van der Waals surface area contributed by atoms with Gasteiger partial charge in [-0.1, -0.05) is 0 Å². The highest BCUT2D eigenvalue weighted by atomic mass is 16.5. The summed E-state index contributed by atoms with van der Waals surface area (Å²) in [6.45, 7) is 2.00. The zero-order chi connectivity index (χ0) is 15.2. The average Bonchev–Trinajstić information content (AvgIpc) is 2.50. The van der Waals surface area contributed by atoms with Gasteiger partial charge in [0.05, 0.1) is 13.7 Å². The number of methoxy groups -OCH3 is 1. The third-order valence-electron chi connectivity index (χ3n) is 3.45. The van der Waals surface area contributed by atoms with Gasteiger partial charge in [0, 0.05) is 45.2 Å². The fraction of sp³-hybridized carbons (Fsp3) is 0.533. The van der Waals surface area contributed by atoms with Crippen molar-refractivity contribution in [2.75, 3.05) is 40.9 Å². The molecule has 1 unspecified atom stereocenters. The standard InChI is InChI=1S/C15H23N3O3/c1-18(2)15(19)17-8-7-16-13-6-9-21-14-5-4-11(20-3)10-12(13)14/h4-5,10,13,16H,6-9H2,1-3H3,(H,17,19). The summed E-state index contributed by atoms with van der Waals surface area (Å²) in [7, 11) is 5.11. The number of amides is 2. The molecule has 1 aliphatic heterocycles. The van der Waals surface area contributed by atoms with Gasteiger partial charge in [-0.3, -0.25) is 0 Å². The third kappa shape index (κ3) is 4.01. The second kappa shape index (κ2) is 7.17. The van der Waals surface area contributed by atoms with Crippen molar-refractivity contribution in [2.45, 2.75) is 12.5 Å². The number of carbonyl (C=O) groups excluding carboxylic acids is 1. The summed E-state index contributed by atoms with van der Waals surface area (Å²) >= 11 is 0. The van der Waals surface area contributed by atoms with Gasteiger partial charge in [-0.2, -0.15) is 0 Å². The molecule has 0 saturated carbocycles. The normalized spacial score (nSPS) is 16.6. The first-order chi connectivity index (χ1) is 10.1. The van der Waals surface area contributed by atoms with Crippen LogP contribution in [0, 0.1) is 0 Å². The summed E-state index contributed by atoms with van der Waals surface area (Å²) in [4.78, 5) is 12.9. The number of ether oxygens (including phenoxy) is 2. The highest BCUT2D eigenvalue weighted by Gasteiger charge is 2.21. The maximum Gasteiger partial charge on any atom is 0.316 e. The van der Waals surface area contributed by atoms with Crippen molar-refractivity contribution >= 4 is 6.03 Å². The molecule has 0 aromatic heterocycles. The number of nitrogens with one attached hydrogen (secondary N) is 2. The summed E-state index contributed by atoms with van der Waals surface area (Å²) in [5.41, 5.74) is 1.11. The van der Waals surface area contributed by atoms with Gasteiger partial charge < -0.3 is 25.0 Å². The topological polar surface area (TPSA) is 62.8 Å². The van der Waals surface area contributed by atoms with E-state index in [0.717, 1.165) is 23.5 Å². The molecule has 1 atom stereocenters. The van der Waals surface area contributed by atoms with E-state index in [-0.39, 0.29) is 12.1 Å². The predicted octanol–water partition coefficient (Wildman–Crippen LogP) is 1.38. The largest absolute Gasteiger partial charge is 0.497 e. The zero-order valence-electron chi connectivity index (χ0n) is 12.8. The van der Waals surface area contributed by atoms with Gasteiger partial charge in [0.25, 0.3) is 0 Å². The zero-order valence-corrected chi connectivity index (χ0v) is 12.8. The Hall–Kier alpha value is -1.95. The summed E-state index contributed by atoms with van der Waals surface area (Å²) in [6.07, 6.45) is 0.905. The summed E-state index contributed by atoms with van der Waals surface area (Å²) in [5, 5.41) is 6.29. The Morgan fingerprint density at radius 1 is 1.43 bits per heavy atom. The van der Waals surface area contributed by atoms with E-state index in [0.29, 0.717) is 19.7 Å². The maximum absolute atomic E-state index is 11.4. The Kier molecular flexibility index (Phi) is 5.27. The van der Waals surface area contributed by atoms with Crippen LogP contribution in [0.4, 0.5) is 4.79 Å². The molecule has 0 fully saturated rings. The number of nitrogens with zero attached hydrogens (tertiary/aromatic N) is 1. The second-order valence-corrected chi connectivity index (χ2v) is 5.17. The van der Waals surface area contributed by atoms with E-state index in [9.17, 15) is 4.79 Å². The van der Waals surface area contributed by atoms with Gasteiger partial charge in [0.2, 0.25) is 0 Å². The van der Waals surface area contributed by atoms with E-state index in [1.54, 1.807) is 21.2 Å². The lowest BCUT2D eigenvalue weighted by Crippen LogP contribution is -2.39. The molecule has 2 N–H and O–H groups in total. The molecule has 2 rings (SSSR count). The van der Waals surface area contributed by atoms with Crippen LogP contribution in [0.25, 0.3) is 0 Å². The molecule has 1 aromatic carbocycles. The number of rotatable bonds is 5. The molecule has 6 heteroatoms. The SMILES string of the molecule is COc1ccc2c(c1)C(NCCNC(=O)N(C)C)CCO2. The fourth-order valence-corrected chi connectivity index (χ4v) is 2.29. The van der Waals surface area contributed by atoms with E-state index in [2.05, 4.69) is 10.6 Å². The van der Waals surface area contributed by atoms with Crippen LogP contribution in [-0.2, 0) is 0 Å². The number of hydrogen-bond donors (Lipinski definition) is 2. The summed E-state index contributed by atoms with van der Waals surface area (Å²) in [5.74, 6) is 1.73. The smallest absolute Gasteiger partial charge is 0.316 e. The lowest BCUT2D eigenvalue weighted by Gasteiger charge is -2.27. The van der Waals surface area contributed by atoms with Gasteiger partial charge in [-0.15, -0.1) is 0 Å². The molecule has 0 saturated heterocycles. The van der Waals surface area contributed by atoms with Crippen molar-refractivity contribution in [3.8, 4) is 11.5 Å². The first-order valence-corrected chi connectivity index (χ1v) is 7.11. The lowest BCUT2D eigenvalue weighted by atomic mass is 10.0. The maximum atomic E-state index is 11.4. The number of urea groups is 1. The van der Waals surface area contributed by atoms with Crippen LogP contribution in [0.15, 0.2) is 18.2 Å². The first-order valence-electron chi connectivity index (χ1n) is 7.11. The van der Waals surface area contributed by atoms with Crippen LogP contribution in [0.5, 0.6) is 11.5 Å². The number of benzene rings is 1. The van der Waals surface area contributed by atoms with Crippen LogP contribution in [0.1, 0.15) is 18.0 Å². The minimum absolute atomic E-state index is 0.0779. The molecular weight excluding hydrogens is 270 g/mol. The van der Waals surface area contributed by atoms with Gasteiger partial charge >= 0.3 is 6.03 Å². The van der Waals surface area contributed by atoms with Gasteiger partial charge in [0.1, 0.15) is 11.5 Å². The van der Waals surface area contributed by atoms with Crippen molar-refractivity contribution in [2.24, 2.45) is 0 Å². The molecule has 6 nitrogen and oxygen atoms in total. The summed E-state index contributed by atoms with van der Waals surface area (Å²) in [6, 6.07) is 5.99. The van der Waals surface area contributed by atoms with Gasteiger partial charge in [-0.05, 0) is 18.2 Å². The molecule has 1 aromatic rings. The predicted molar refractivity (Wildman–Crippen MR) is 80.9 cm³/mol. The molecular formula is C15H23N3O3. The fourth-order valence-electron chi connectivity index (χ4n) is 2.29. The van der Waals surface area contributed by atoms with E-state index in [1.807, 2.05) is 18.2 Å². The molecule has 0 radical (unpaired) electrons. The Balaban J connectivity index is 1.89. The molecule has 0 spiro atoms. The Morgan fingerprint density at radius 2 is 2.24 bits per heavy atom. The highest BCUT2D eigenvalue weighted by Crippen LogP contribution is 2.34. The van der Waals surface area contributed by atoms with Crippen molar-refractivity contribution in [1.82, 2.24) is 15.5 Å². The molecule has 0 bridgehead atoms. The minimum Gasteiger partial charge on any atom is -0.497 e. The van der Waals surface area contributed by atoms with E-state index in [4.69, 9.17) is 9.47 Å². The average molecular weight is 293 g/mol. The first kappa shape index (κ1) is 15.4. The van der Waals surface area contributed by atoms with Gasteiger partial charge in [-0.25, -0.2) is 4.79 Å². The Morgan fingerprint density at radius 3 is 2.95 bits per heavy atom. The number of carbonyl (C=O) groups is 1. The lowest BCUT2D eigenvalue weighted by molar-refractivity contribution is 0.216. The highest BCUT2D eigenvalue weighted by molar-refractivity contribution is 5.73. The minimum atomic E-state index is -0.0779. The molecule has 1 aliphatic rings. The van der Waals surface area contributed by atoms with Crippen molar-refractivity contribution < 1.29 is 14.3 Å². The van der Waals surface area contributed by atoms with E-state index >= 15 is 0 Å². The van der Waals surface area contributed by atoms with Gasteiger partial charge in [0.15, 0.2) is 0 Å². The van der Waals surface area contributed by atoms with Crippen molar-refractivity contribution in [1.29, 1.82) is 0 Å². The second-order valence-electron chi connectivity index (χ2n) is 5.17. The molecule has 2 amide bonds. The Labute approximate surface area is 125 Å². The molecule has 1 heterocycles. The van der Waals surface area contributed by atoms with Crippen LogP contribution in [0.3, 0.4) is 0 Å². The van der Waals surface area contributed by atoms with Crippen LogP contribution in [0.2, 0.25) is 0 Å². The molecule has 21 heavy (non-hydrogen) atoms. The van der Waals surface area contributed by atoms with Crippen LogP contribution in [-0.4, -0.2) is 51.8 Å². The number of fused-ring (bicyclic) bond motifs is 1. The summed E-state index contributed by atoms with van der Waals surface area (Å²) < 4.78 is 10.9. The van der Waals surface area contributed by atoms with Crippen LogP contribution < -0.4 is 20.1 Å². The van der Waals surface area contributed by atoms with E-state index < -0.39 is 0 Å². The third-order valence-corrected chi connectivity index (χ3v) is 3.45. The van der Waals surface area contributed by atoms with Crippen LogP contribution >= 0.6 is 0 Å². The number of hydrogen-bond acceptors (Lipinski definition) is 4. The van der Waals surface area contributed by atoms with Crippen molar-refractivity contribution in [3.63, 3.8) is 0 Å². The monoisotopic (exact) mass is 293 g/mol. The van der Waals surface area contributed by atoms with Crippen molar-refractivity contribution in [3.05, 3.63) is 23.8 Å². The molecule has 116 valence electrons. The quantitative estimate of drug-likeness (QED) is 0.805. The molecule has 0 aliphatic carbocycles. The Bertz CT molecular complexity index is 491. The van der Waals surface area contributed by atoms with E-state index in [1.165, 1.54) is 4.90 Å².